The maximum Gasteiger partial charge on any atom is 0.221 e. The molecule has 0 saturated heterocycles. The van der Waals surface area contributed by atoms with E-state index in [1.54, 1.807) is 7.05 Å². The molecule has 0 aliphatic heterocycles. The van der Waals surface area contributed by atoms with Crippen LogP contribution in [-0.4, -0.2) is 17.5 Å². The van der Waals surface area contributed by atoms with Gasteiger partial charge in [0.2, 0.25) is 5.91 Å². The summed E-state index contributed by atoms with van der Waals surface area (Å²) < 4.78 is 1.95. The molecule has 0 atom stereocenters. The van der Waals surface area contributed by atoms with Gasteiger partial charge in [-0.25, -0.2) is 0 Å². The molecular formula is C8H13N3OS. The second-order valence-corrected chi connectivity index (χ2v) is 3.74. The van der Waals surface area contributed by atoms with Gasteiger partial charge >= 0.3 is 0 Å². The third kappa shape index (κ3) is 1.98. The Morgan fingerprint density at radius 1 is 1.62 bits per heavy atom. The minimum absolute atomic E-state index is 0.0485. The molecule has 5 heteroatoms. The van der Waals surface area contributed by atoms with Crippen molar-refractivity contribution in [2.24, 2.45) is 12.0 Å². The van der Waals surface area contributed by atoms with Gasteiger partial charge in [-0.2, -0.15) is 0 Å². The predicted octanol–water partition coefficient (Wildman–Crippen LogP) is 0.884. The number of hydrogen-bond acceptors (Lipinski definition) is 3. The Bertz CT molecular complexity index is 389. The topological polar surface area (TPSA) is 46.4 Å². The molecule has 1 heterocycles. The van der Waals surface area contributed by atoms with E-state index in [-0.39, 0.29) is 5.91 Å². The molecule has 0 aliphatic rings. The van der Waals surface area contributed by atoms with E-state index in [4.69, 9.17) is 0 Å². The van der Waals surface area contributed by atoms with Gasteiger partial charge in [-0.3, -0.25) is 9.79 Å². The van der Waals surface area contributed by atoms with Crippen LogP contribution < -0.4 is 10.1 Å². The van der Waals surface area contributed by atoms with Crippen molar-refractivity contribution in [3.63, 3.8) is 0 Å². The van der Waals surface area contributed by atoms with Crippen LogP contribution in [0.2, 0.25) is 0 Å². The van der Waals surface area contributed by atoms with Crippen LogP contribution in [0.5, 0.6) is 0 Å². The SMILES string of the molecule is CN=c1sc(NC(C)=O)c(C)n1C. The maximum absolute atomic E-state index is 10.8. The van der Waals surface area contributed by atoms with Gasteiger partial charge in [-0.1, -0.05) is 11.3 Å². The largest absolute Gasteiger partial charge is 0.322 e. The number of anilines is 1. The van der Waals surface area contributed by atoms with Gasteiger partial charge in [0.05, 0.1) is 5.69 Å². The van der Waals surface area contributed by atoms with E-state index in [1.807, 2.05) is 18.5 Å². The summed E-state index contributed by atoms with van der Waals surface area (Å²) >= 11 is 1.48. The lowest BCUT2D eigenvalue weighted by atomic mass is 10.5. The minimum Gasteiger partial charge on any atom is -0.322 e. The summed E-state index contributed by atoms with van der Waals surface area (Å²) in [5.74, 6) is -0.0485. The third-order valence-corrected chi connectivity index (χ3v) is 3.03. The van der Waals surface area contributed by atoms with Crippen molar-refractivity contribution in [3.05, 3.63) is 10.5 Å². The van der Waals surface area contributed by atoms with E-state index in [1.165, 1.54) is 18.3 Å². The number of amides is 1. The van der Waals surface area contributed by atoms with E-state index >= 15 is 0 Å². The lowest BCUT2D eigenvalue weighted by molar-refractivity contribution is -0.114. The summed E-state index contributed by atoms with van der Waals surface area (Å²) in [5, 5.41) is 3.64. The molecule has 0 unspecified atom stereocenters. The lowest BCUT2D eigenvalue weighted by Gasteiger charge is -1.99. The van der Waals surface area contributed by atoms with Crippen LogP contribution in [0, 0.1) is 6.92 Å². The molecule has 1 rings (SSSR count). The van der Waals surface area contributed by atoms with Crippen molar-refractivity contribution in [3.8, 4) is 0 Å². The number of aromatic nitrogens is 1. The highest BCUT2D eigenvalue weighted by Gasteiger charge is 2.06. The molecule has 1 amide bonds. The number of hydrogen-bond donors (Lipinski definition) is 1. The van der Waals surface area contributed by atoms with E-state index in [0.717, 1.165) is 15.5 Å². The second-order valence-electron chi connectivity index (χ2n) is 2.76. The van der Waals surface area contributed by atoms with Crippen LogP contribution in [0.25, 0.3) is 0 Å². The first kappa shape index (κ1) is 9.98. The number of nitrogens with one attached hydrogen (secondary N) is 1. The van der Waals surface area contributed by atoms with Crippen molar-refractivity contribution < 1.29 is 4.79 Å². The highest BCUT2D eigenvalue weighted by Crippen LogP contribution is 2.16. The second kappa shape index (κ2) is 3.74. The maximum atomic E-state index is 10.8. The van der Waals surface area contributed by atoms with Crippen molar-refractivity contribution in [1.29, 1.82) is 0 Å². The van der Waals surface area contributed by atoms with E-state index < -0.39 is 0 Å². The molecule has 1 N–H and O–H groups in total. The van der Waals surface area contributed by atoms with Crippen LogP contribution >= 0.6 is 11.3 Å². The molecule has 0 aromatic carbocycles. The molecular weight excluding hydrogens is 186 g/mol. The minimum atomic E-state index is -0.0485. The molecule has 0 spiro atoms. The highest BCUT2D eigenvalue weighted by atomic mass is 32.1. The quantitative estimate of drug-likeness (QED) is 0.717. The highest BCUT2D eigenvalue weighted by molar-refractivity contribution is 7.13. The van der Waals surface area contributed by atoms with Gasteiger partial charge in [0.1, 0.15) is 5.00 Å². The first-order valence-corrected chi connectivity index (χ1v) is 4.74. The Morgan fingerprint density at radius 3 is 2.62 bits per heavy atom. The molecule has 0 fully saturated rings. The van der Waals surface area contributed by atoms with Crippen molar-refractivity contribution in [2.75, 3.05) is 12.4 Å². The average Bonchev–Trinajstić information content (AvgIpc) is 2.32. The standard InChI is InChI=1S/C8H13N3OS/c1-5-7(10-6(2)12)13-8(9-3)11(5)4/h1-4H3,(H,10,12). The summed E-state index contributed by atoms with van der Waals surface area (Å²) in [4.78, 5) is 15.8. The summed E-state index contributed by atoms with van der Waals surface area (Å²) in [6.45, 7) is 3.46. The molecule has 0 saturated carbocycles. The van der Waals surface area contributed by atoms with Crippen molar-refractivity contribution in [2.45, 2.75) is 13.8 Å². The van der Waals surface area contributed by atoms with E-state index in [2.05, 4.69) is 10.3 Å². The zero-order chi connectivity index (χ0) is 10.0. The van der Waals surface area contributed by atoms with Crippen LogP contribution in [0.1, 0.15) is 12.6 Å². The Balaban J connectivity index is 3.18. The average molecular weight is 199 g/mol. The summed E-state index contributed by atoms with van der Waals surface area (Å²) in [6, 6.07) is 0. The zero-order valence-corrected chi connectivity index (χ0v) is 9.03. The number of carbonyl (C=O) groups is 1. The number of rotatable bonds is 1. The predicted molar refractivity (Wildman–Crippen MR) is 53.8 cm³/mol. The first-order chi connectivity index (χ1) is 6.06. The van der Waals surface area contributed by atoms with Crippen LogP contribution in [0.4, 0.5) is 5.00 Å². The Hall–Kier alpha value is -1.10. The molecule has 0 aliphatic carbocycles. The van der Waals surface area contributed by atoms with Gasteiger partial charge in [0.25, 0.3) is 0 Å². The van der Waals surface area contributed by atoms with Gasteiger partial charge in [0.15, 0.2) is 4.80 Å². The normalized spacial score (nSPS) is 11.8. The molecule has 1 aromatic rings. The number of nitrogens with zero attached hydrogens (tertiary/aromatic N) is 2. The number of carbonyl (C=O) groups excluding carboxylic acids is 1. The van der Waals surface area contributed by atoms with Crippen LogP contribution in [0.3, 0.4) is 0 Å². The Labute approximate surface area is 80.9 Å². The molecule has 0 bridgehead atoms. The van der Waals surface area contributed by atoms with Crippen molar-refractivity contribution >= 4 is 22.2 Å². The summed E-state index contributed by atoms with van der Waals surface area (Å²) in [5.41, 5.74) is 1.03. The van der Waals surface area contributed by atoms with Gasteiger partial charge < -0.3 is 9.88 Å². The summed E-state index contributed by atoms with van der Waals surface area (Å²) in [6.07, 6.45) is 0. The first-order valence-electron chi connectivity index (χ1n) is 3.93. The zero-order valence-electron chi connectivity index (χ0n) is 8.21. The molecule has 0 radical (unpaired) electrons. The third-order valence-electron chi connectivity index (χ3n) is 1.79. The van der Waals surface area contributed by atoms with E-state index in [9.17, 15) is 4.79 Å². The van der Waals surface area contributed by atoms with Gasteiger partial charge in [0, 0.05) is 21.0 Å². The van der Waals surface area contributed by atoms with Gasteiger partial charge in [-0.15, -0.1) is 0 Å². The fourth-order valence-corrected chi connectivity index (χ4v) is 2.03. The van der Waals surface area contributed by atoms with Crippen LogP contribution in [0.15, 0.2) is 4.99 Å². The van der Waals surface area contributed by atoms with Crippen molar-refractivity contribution in [1.82, 2.24) is 4.57 Å². The fraction of sp³-hybridized carbons (Fsp3) is 0.500. The van der Waals surface area contributed by atoms with Gasteiger partial charge in [-0.05, 0) is 6.92 Å². The Kier molecular flexibility index (Phi) is 2.87. The summed E-state index contributed by atoms with van der Waals surface area (Å²) in [7, 11) is 3.67. The smallest absolute Gasteiger partial charge is 0.221 e. The molecule has 13 heavy (non-hydrogen) atoms. The van der Waals surface area contributed by atoms with Crippen LogP contribution in [-0.2, 0) is 11.8 Å². The monoisotopic (exact) mass is 199 g/mol. The molecule has 1 aromatic heterocycles. The van der Waals surface area contributed by atoms with E-state index in [0.29, 0.717) is 0 Å². The number of thiazole rings is 1. The Morgan fingerprint density at radius 2 is 2.23 bits per heavy atom. The lowest BCUT2D eigenvalue weighted by Crippen LogP contribution is -2.11. The molecule has 72 valence electrons. The fourth-order valence-electron chi connectivity index (χ4n) is 1.00. The molecule has 4 nitrogen and oxygen atoms in total.